The minimum absolute atomic E-state index is 0.0268. The molecule has 1 aliphatic heterocycles. The third-order valence-electron chi connectivity index (χ3n) is 5.20. The van der Waals surface area contributed by atoms with Crippen molar-refractivity contribution in [2.45, 2.75) is 64.4 Å². The van der Waals surface area contributed by atoms with Gasteiger partial charge in [0, 0.05) is 18.8 Å². The minimum Gasteiger partial charge on any atom is -0.467 e. The zero-order valence-corrected chi connectivity index (χ0v) is 17.8. The Morgan fingerprint density at radius 2 is 2.00 bits per heavy atom. The van der Waals surface area contributed by atoms with Gasteiger partial charge in [-0.1, -0.05) is 0 Å². The number of aliphatic hydroxyl groups is 1. The molecule has 3 rings (SSSR count). The van der Waals surface area contributed by atoms with E-state index in [1.54, 1.807) is 25.7 Å². The summed E-state index contributed by atoms with van der Waals surface area (Å²) >= 11 is 0. The molecule has 1 N–H and O–H groups in total. The summed E-state index contributed by atoms with van der Waals surface area (Å²) in [4.78, 5) is 20.1. The fourth-order valence-corrected chi connectivity index (χ4v) is 3.66. The molecular formula is C20H26F3N5O3. The van der Waals surface area contributed by atoms with Gasteiger partial charge in [0.1, 0.15) is 16.9 Å². The van der Waals surface area contributed by atoms with E-state index < -0.39 is 24.3 Å². The van der Waals surface area contributed by atoms with Gasteiger partial charge in [0.05, 0.1) is 11.7 Å². The van der Waals surface area contributed by atoms with E-state index >= 15 is 0 Å². The highest BCUT2D eigenvalue weighted by Crippen LogP contribution is 2.30. The molecule has 0 aliphatic carbocycles. The van der Waals surface area contributed by atoms with Crippen molar-refractivity contribution in [1.29, 1.82) is 0 Å². The zero-order valence-electron chi connectivity index (χ0n) is 17.8. The first kappa shape index (κ1) is 23.0. The number of carbonyl (C=O) groups is 1. The molecule has 31 heavy (non-hydrogen) atoms. The molecule has 0 bridgehead atoms. The largest absolute Gasteiger partial charge is 0.467 e. The van der Waals surface area contributed by atoms with Crippen LogP contribution >= 0.6 is 0 Å². The average Bonchev–Trinajstić information content (AvgIpc) is 3.08. The van der Waals surface area contributed by atoms with Crippen LogP contribution in [0, 0.1) is 6.92 Å². The number of rotatable bonds is 5. The molecule has 0 spiro atoms. The van der Waals surface area contributed by atoms with Gasteiger partial charge in [-0.05, 0) is 52.7 Å². The molecule has 170 valence electrons. The Labute approximate surface area is 178 Å². The molecule has 0 radical (unpaired) electrons. The van der Waals surface area contributed by atoms with Crippen LogP contribution in [-0.4, -0.2) is 61.3 Å². The Morgan fingerprint density at radius 3 is 2.61 bits per heavy atom. The predicted octanol–water partition coefficient (Wildman–Crippen LogP) is 3.02. The number of hydrogen-bond donors (Lipinski definition) is 1. The smallest absolute Gasteiger partial charge is 0.422 e. The van der Waals surface area contributed by atoms with E-state index in [1.807, 2.05) is 6.92 Å². The van der Waals surface area contributed by atoms with Crippen LogP contribution in [0.1, 0.15) is 61.4 Å². The van der Waals surface area contributed by atoms with E-state index in [1.165, 1.54) is 23.1 Å². The number of amides is 1. The van der Waals surface area contributed by atoms with Crippen molar-refractivity contribution < 1.29 is 27.8 Å². The van der Waals surface area contributed by atoms with Crippen LogP contribution in [0.5, 0.6) is 5.88 Å². The molecule has 8 nitrogen and oxygen atoms in total. The maximum atomic E-state index is 13.2. The third kappa shape index (κ3) is 5.33. The van der Waals surface area contributed by atoms with Gasteiger partial charge in [-0.3, -0.25) is 4.79 Å². The zero-order chi connectivity index (χ0) is 23.0. The van der Waals surface area contributed by atoms with Gasteiger partial charge in [0.2, 0.25) is 5.88 Å². The lowest BCUT2D eigenvalue weighted by Crippen LogP contribution is -2.46. The Morgan fingerprint density at radius 1 is 1.29 bits per heavy atom. The number of ether oxygens (including phenoxy) is 1. The number of aryl methyl sites for hydroxylation is 1. The Kier molecular flexibility index (Phi) is 6.26. The molecule has 0 unspecified atom stereocenters. The van der Waals surface area contributed by atoms with Gasteiger partial charge in [0.25, 0.3) is 5.91 Å². The number of likely N-dealkylation sites (tertiary alicyclic amines) is 1. The van der Waals surface area contributed by atoms with Crippen LogP contribution in [0.4, 0.5) is 13.2 Å². The summed E-state index contributed by atoms with van der Waals surface area (Å²) in [5.41, 5.74) is -0.125. The van der Waals surface area contributed by atoms with Gasteiger partial charge in [0.15, 0.2) is 6.61 Å². The summed E-state index contributed by atoms with van der Waals surface area (Å²) in [6.45, 7) is 5.62. The summed E-state index contributed by atoms with van der Waals surface area (Å²) in [5.74, 6) is -0.814. The van der Waals surface area contributed by atoms with Crippen LogP contribution in [-0.2, 0) is 5.60 Å². The summed E-state index contributed by atoms with van der Waals surface area (Å²) in [6, 6.07) is 2.52. The second-order valence-corrected chi connectivity index (χ2v) is 8.31. The summed E-state index contributed by atoms with van der Waals surface area (Å²) in [5, 5.41) is 19.1. The quantitative estimate of drug-likeness (QED) is 0.767. The molecule has 3 heterocycles. The number of aromatic nitrogens is 4. The molecule has 1 aliphatic rings. The molecule has 2 atom stereocenters. The first-order chi connectivity index (χ1) is 14.4. The topological polar surface area (TPSA) is 93.4 Å². The van der Waals surface area contributed by atoms with Gasteiger partial charge >= 0.3 is 6.18 Å². The number of hydrogen-bond acceptors (Lipinski definition) is 6. The van der Waals surface area contributed by atoms with Crippen molar-refractivity contribution >= 4 is 5.91 Å². The normalized spacial score (nSPS) is 20.1. The Bertz CT molecular complexity index is 939. The van der Waals surface area contributed by atoms with E-state index in [0.29, 0.717) is 17.8 Å². The van der Waals surface area contributed by atoms with E-state index in [0.717, 1.165) is 6.42 Å². The highest BCUT2D eigenvalue weighted by Gasteiger charge is 2.35. The van der Waals surface area contributed by atoms with Crippen LogP contribution in [0.3, 0.4) is 0 Å². The number of halogens is 3. The van der Waals surface area contributed by atoms with Crippen molar-refractivity contribution in [3.63, 3.8) is 0 Å². The van der Waals surface area contributed by atoms with Crippen LogP contribution in [0.25, 0.3) is 0 Å². The minimum atomic E-state index is -4.54. The number of nitrogens with zero attached hydrogens (tertiary/aromatic N) is 5. The van der Waals surface area contributed by atoms with Crippen molar-refractivity contribution in [3.05, 3.63) is 35.3 Å². The van der Waals surface area contributed by atoms with Gasteiger partial charge in [-0.25, -0.2) is 4.98 Å². The Balaban J connectivity index is 1.82. The van der Waals surface area contributed by atoms with Crippen LogP contribution < -0.4 is 4.74 Å². The molecule has 2 aromatic rings. The molecule has 1 saturated heterocycles. The number of piperidine rings is 1. The SMILES string of the molecule is Cc1nn([C@@H]2CC[C@@H](C)N(C(=O)c3cccnc3OCC(F)(F)F)C2)nc1C(C)(C)O. The third-order valence-corrected chi connectivity index (χ3v) is 5.20. The maximum Gasteiger partial charge on any atom is 0.422 e. The first-order valence-electron chi connectivity index (χ1n) is 9.98. The van der Waals surface area contributed by atoms with Gasteiger partial charge in [-0.2, -0.15) is 28.2 Å². The summed E-state index contributed by atoms with van der Waals surface area (Å²) in [6.07, 6.45) is -1.88. The van der Waals surface area contributed by atoms with Crippen molar-refractivity contribution in [2.24, 2.45) is 0 Å². The van der Waals surface area contributed by atoms with Crippen LogP contribution in [0.2, 0.25) is 0 Å². The molecule has 1 fully saturated rings. The fourth-order valence-electron chi connectivity index (χ4n) is 3.66. The van der Waals surface area contributed by atoms with Crippen molar-refractivity contribution in [2.75, 3.05) is 13.2 Å². The predicted molar refractivity (Wildman–Crippen MR) is 105 cm³/mol. The molecule has 1 amide bonds. The van der Waals surface area contributed by atoms with Crippen molar-refractivity contribution in [3.8, 4) is 5.88 Å². The van der Waals surface area contributed by atoms with E-state index in [9.17, 15) is 23.1 Å². The van der Waals surface area contributed by atoms with E-state index in [4.69, 9.17) is 4.74 Å². The number of pyridine rings is 1. The fraction of sp³-hybridized carbons (Fsp3) is 0.600. The van der Waals surface area contributed by atoms with Crippen LogP contribution in [0.15, 0.2) is 18.3 Å². The standard InChI is InChI=1S/C20H26F3N5O3/c1-12-7-8-14(28-25-13(2)16(26-28)19(3,4)30)10-27(12)18(29)15-6-5-9-24-17(15)31-11-20(21,22)23/h5-6,9,12,14,30H,7-8,10-11H2,1-4H3/t12-,14-/m1/s1. The second kappa shape index (κ2) is 8.45. The van der Waals surface area contributed by atoms with Gasteiger partial charge in [-0.15, -0.1) is 0 Å². The average molecular weight is 441 g/mol. The Hall–Kier alpha value is -2.69. The maximum absolute atomic E-state index is 13.2. The van der Waals surface area contributed by atoms with Crippen molar-refractivity contribution in [1.82, 2.24) is 24.9 Å². The van der Waals surface area contributed by atoms with E-state index in [2.05, 4.69) is 15.2 Å². The first-order valence-corrected chi connectivity index (χ1v) is 9.98. The summed E-state index contributed by atoms with van der Waals surface area (Å²) in [7, 11) is 0. The van der Waals surface area contributed by atoms with Gasteiger partial charge < -0.3 is 14.7 Å². The monoisotopic (exact) mass is 441 g/mol. The summed E-state index contributed by atoms with van der Waals surface area (Å²) < 4.78 is 42.5. The number of alkyl halides is 3. The highest BCUT2D eigenvalue weighted by molar-refractivity contribution is 5.96. The number of carbonyl (C=O) groups excluding carboxylic acids is 1. The molecule has 0 saturated carbocycles. The lowest BCUT2D eigenvalue weighted by molar-refractivity contribution is -0.154. The second-order valence-electron chi connectivity index (χ2n) is 8.31. The van der Waals surface area contributed by atoms with E-state index in [-0.39, 0.29) is 30.1 Å². The molecule has 11 heteroatoms. The lowest BCUT2D eigenvalue weighted by Gasteiger charge is -2.37. The molecule has 2 aromatic heterocycles. The highest BCUT2D eigenvalue weighted by atomic mass is 19.4. The molecular weight excluding hydrogens is 415 g/mol. The lowest BCUT2D eigenvalue weighted by atomic mass is 9.98. The molecule has 0 aromatic carbocycles.